The summed E-state index contributed by atoms with van der Waals surface area (Å²) in [4.78, 5) is 13.9. The highest BCUT2D eigenvalue weighted by Crippen LogP contribution is 2.45. The zero-order valence-electron chi connectivity index (χ0n) is 10.6. The van der Waals surface area contributed by atoms with Crippen molar-refractivity contribution in [2.45, 2.75) is 18.4 Å². The first-order chi connectivity index (χ1) is 9.79. The molecule has 3 heterocycles. The monoisotopic (exact) mass is 287 g/mol. The van der Waals surface area contributed by atoms with Gasteiger partial charge in [0.25, 0.3) is 0 Å². The Hall–Kier alpha value is -1.99. The summed E-state index contributed by atoms with van der Waals surface area (Å²) in [6.45, 7) is 0.174. The number of anilines is 1. The molecule has 0 saturated carbocycles. The van der Waals surface area contributed by atoms with Crippen molar-refractivity contribution in [3.05, 3.63) is 34.5 Å². The molecule has 102 valence electrons. The average molecular weight is 287 g/mol. The fourth-order valence-electron chi connectivity index (χ4n) is 2.96. The minimum Gasteiger partial charge on any atom is -0.396 e. The molecule has 7 heteroatoms. The maximum atomic E-state index is 9.54. The van der Waals surface area contributed by atoms with Gasteiger partial charge in [-0.15, -0.1) is 11.3 Å². The number of nitrogen functional groups attached to an aromatic ring is 1. The van der Waals surface area contributed by atoms with Crippen molar-refractivity contribution in [2.75, 3.05) is 12.3 Å². The summed E-state index contributed by atoms with van der Waals surface area (Å²) in [6.07, 6.45) is 4.10. The lowest BCUT2D eigenvalue weighted by Gasteiger charge is -2.13. The number of rotatable bonds is 2. The van der Waals surface area contributed by atoms with Crippen LogP contribution in [0, 0.1) is 0 Å². The van der Waals surface area contributed by atoms with Gasteiger partial charge in [-0.3, -0.25) is 0 Å². The van der Waals surface area contributed by atoms with Crippen LogP contribution in [0.2, 0.25) is 0 Å². The van der Waals surface area contributed by atoms with E-state index in [0.717, 1.165) is 12.1 Å². The summed E-state index contributed by atoms with van der Waals surface area (Å²) in [6, 6.07) is 2.28. The Morgan fingerprint density at radius 3 is 3.15 bits per heavy atom. The summed E-state index contributed by atoms with van der Waals surface area (Å²) in [7, 11) is 0. The van der Waals surface area contributed by atoms with Crippen molar-refractivity contribution in [1.82, 2.24) is 19.5 Å². The zero-order valence-corrected chi connectivity index (χ0v) is 11.4. The van der Waals surface area contributed by atoms with E-state index >= 15 is 0 Å². The molecule has 3 aromatic rings. The fraction of sp³-hybridized carbons (Fsp3) is 0.308. The van der Waals surface area contributed by atoms with E-state index in [1.807, 2.05) is 4.57 Å². The van der Waals surface area contributed by atoms with Gasteiger partial charge in [0, 0.05) is 10.8 Å². The highest BCUT2D eigenvalue weighted by Gasteiger charge is 2.33. The molecule has 0 bridgehead atoms. The molecule has 4 rings (SSSR count). The first-order valence-electron chi connectivity index (χ1n) is 6.40. The van der Waals surface area contributed by atoms with Gasteiger partial charge >= 0.3 is 0 Å². The molecule has 2 atom stereocenters. The summed E-state index contributed by atoms with van der Waals surface area (Å²) in [5.41, 5.74) is 8.47. The molecule has 0 fully saturated rings. The number of aromatic nitrogens is 4. The largest absolute Gasteiger partial charge is 0.396 e. The number of nitrogens with two attached hydrogens (primary N) is 1. The van der Waals surface area contributed by atoms with E-state index in [2.05, 4.69) is 26.4 Å². The maximum absolute atomic E-state index is 9.54. The summed E-state index contributed by atoms with van der Waals surface area (Å²) >= 11 is 1.70. The van der Waals surface area contributed by atoms with Crippen LogP contribution in [0.5, 0.6) is 0 Å². The predicted molar refractivity (Wildman–Crippen MR) is 76.6 cm³/mol. The molecule has 0 amide bonds. The van der Waals surface area contributed by atoms with E-state index in [1.165, 1.54) is 16.8 Å². The Morgan fingerprint density at radius 1 is 1.40 bits per heavy atom. The molecule has 0 saturated heterocycles. The van der Waals surface area contributed by atoms with Crippen molar-refractivity contribution < 1.29 is 5.11 Å². The number of imidazole rings is 1. The van der Waals surface area contributed by atoms with Gasteiger partial charge in [-0.2, -0.15) is 0 Å². The van der Waals surface area contributed by atoms with E-state index in [9.17, 15) is 5.11 Å². The number of thiophene rings is 1. The molecule has 0 spiro atoms. The Balaban J connectivity index is 1.87. The molecule has 20 heavy (non-hydrogen) atoms. The quantitative estimate of drug-likeness (QED) is 0.746. The van der Waals surface area contributed by atoms with E-state index < -0.39 is 0 Å². The van der Waals surface area contributed by atoms with Crippen LogP contribution in [-0.4, -0.2) is 31.2 Å². The Bertz CT molecular complexity index is 780. The van der Waals surface area contributed by atoms with Crippen LogP contribution in [0.1, 0.15) is 28.8 Å². The fourth-order valence-corrected chi connectivity index (χ4v) is 4.03. The van der Waals surface area contributed by atoms with Crippen molar-refractivity contribution in [3.8, 4) is 0 Å². The molecule has 6 nitrogen and oxygen atoms in total. The first kappa shape index (κ1) is 11.8. The van der Waals surface area contributed by atoms with Gasteiger partial charge < -0.3 is 15.4 Å². The predicted octanol–water partition coefficient (Wildman–Crippen LogP) is 1.54. The summed E-state index contributed by atoms with van der Waals surface area (Å²) in [5.74, 6) is 0.600. The van der Waals surface area contributed by atoms with Gasteiger partial charge in [0.1, 0.15) is 11.8 Å². The number of aliphatic hydroxyl groups is 1. The molecule has 0 aromatic carbocycles. The van der Waals surface area contributed by atoms with Crippen LogP contribution >= 0.6 is 11.3 Å². The third-order valence-electron chi connectivity index (χ3n) is 3.91. The SMILES string of the molecule is Nc1ncnc2c1ncn2[C@H]1C[C@H](CO)c2sccc21. The third-order valence-corrected chi connectivity index (χ3v) is 5.00. The molecule has 1 aliphatic rings. The lowest BCUT2D eigenvalue weighted by atomic mass is 10.1. The van der Waals surface area contributed by atoms with Crippen molar-refractivity contribution in [1.29, 1.82) is 0 Å². The topological polar surface area (TPSA) is 89.9 Å². The number of nitrogens with zero attached hydrogens (tertiary/aromatic N) is 4. The van der Waals surface area contributed by atoms with E-state index in [-0.39, 0.29) is 18.6 Å². The lowest BCUT2D eigenvalue weighted by molar-refractivity contribution is 0.260. The minimum atomic E-state index is 0.160. The third kappa shape index (κ3) is 1.50. The lowest BCUT2D eigenvalue weighted by Crippen LogP contribution is -2.08. The van der Waals surface area contributed by atoms with Crippen LogP contribution in [0.15, 0.2) is 24.1 Å². The Kier molecular flexibility index (Phi) is 2.51. The second-order valence-corrected chi connectivity index (χ2v) is 5.90. The number of hydrogen-bond acceptors (Lipinski definition) is 6. The zero-order chi connectivity index (χ0) is 13.7. The molecule has 3 N–H and O–H groups in total. The number of aliphatic hydroxyl groups excluding tert-OH is 1. The van der Waals surface area contributed by atoms with Gasteiger partial charge in [0.2, 0.25) is 0 Å². The Labute approximate surface area is 118 Å². The molecule has 3 aromatic heterocycles. The van der Waals surface area contributed by atoms with Crippen LogP contribution < -0.4 is 5.73 Å². The van der Waals surface area contributed by atoms with Crippen molar-refractivity contribution in [3.63, 3.8) is 0 Å². The van der Waals surface area contributed by atoms with Crippen LogP contribution in [0.3, 0.4) is 0 Å². The number of hydrogen-bond donors (Lipinski definition) is 2. The molecular formula is C13H13N5OS. The van der Waals surface area contributed by atoms with Crippen molar-refractivity contribution >= 4 is 28.3 Å². The van der Waals surface area contributed by atoms with Gasteiger partial charge in [-0.25, -0.2) is 15.0 Å². The maximum Gasteiger partial charge on any atom is 0.165 e. The van der Waals surface area contributed by atoms with E-state index in [0.29, 0.717) is 11.3 Å². The van der Waals surface area contributed by atoms with E-state index in [4.69, 9.17) is 5.73 Å². The minimum absolute atomic E-state index is 0.160. The summed E-state index contributed by atoms with van der Waals surface area (Å²) < 4.78 is 2.04. The smallest absolute Gasteiger partial charge is 0.165 e. The average Bonchev–Trinajstić information content (AvgIpc) is 3.12. The van der Waals surface area contributed by atoms with Gasteiger partial charge in [0.05, 0.1) is 19.0 Å². The van der Waals surface area contributed by atoms with Gasteiger partial charge in [-0.05, 0) is 23.4 Å². The van der Waals surface area contributed by atoms with Crippen LogP contribution in [0.25, 0.3) is 11.2 Å². The van der Waals surface area contributed by atoms with Crippen LogP contribution in [-0.2, 0) is 0 Å². The normalized spacial score (nSPS) is 21.4. The number of fused-ring (bicyclic) bond motifs is 2. The van der Waals surface area contributed by atoms with E-state index in [1.54, 1.807) is 17.7 Å². The summed E-state index contributed by atoms with van der Waals surface area (Å²) in [5, 5.41) is 11.6. The highest BCUT2D eigenvalue weighted by molar-refractivity contribution is 7.10. The highest BCUT2D eigenvalue weighted by atomic mass is 32.1. The Morgan fingerprint density at radius 2 is 2.30 bits per heavy atom. The molecule has 0 aliphatic heterocycles. The molecular weight excluding hydrogens is 274 g/mol. The standard InChI is InChI=1S/C13H13N5OS/c14-12-10-13(16-5-15-12)18(6-17-10)9-3-7(4-19)11-8(9)1-2-20-11/h1-2,5-7,9,19H,3-4H2,(H2,14,15,16)/t7-,9+/m1/s1. The van der Waals surface area contributed by atoms with Gasteiger partial charge in [-0.1, -0.05) is 0 Å². The second kappa shape index (κ2) is 4.26. The molecule has 0 unspecified atom stereocenters. The van der Waals surface area contributed by atoms with Crippen molar-refractivity contribution in [2.24, 2.45) is 0 Å². The molecule has 0 radical (unpaired) electrons. The molecule has 1 aliphatic carbocycles. The van der Waals surface area contributed by atoms with Gasteiger partial charge in [0.15, 0.2) is 11.5 Å². The first-order valence-corrected chi connectivity index (χ1v) is 7.28. The second-order valence-electron chi connectivity index (χ2n) is 4.95. The van der Waals surface area contributed by atoms with Crippen LogP contribution in [0.4, 0.5) is 5.82 Å².